The Morgan fingerprint density at radius 1 is 0.800 bits per heavy atom. The second kappa shape index (κ2) is 12.8. The maximum Gasteiger partial charge on any atom is 0.326 e. The first-order valence-corrected chi connectivity index (χ1v) is 9.96. The van der Waals surface area contributed by atoms with Crippen LogP contribution in [-0.2, 0) is 24.0 Å². The topological polar surface area (TPSA) is 188 Å². The van der Waals surface area contributed by atoms with Crippen molar-refractivity contribution in [2.45, 2.75) is 78.0 Å². The van der Waals surface area contributed by atoms with Gasteiger partial charge in [0.2, 0.25) is 17.7 Å². The Kier molecular flexibility index (Phi) is 11.6. The Bertz CT molecular complexity index is 640. The van der Waals surface area contributed by atoms with Crippen LogP contribution in [0.1, 0.15) is 53.9 Å². The third-order valence-electron chi connectivity index (χ3n) is 5.10. The second-order valence-corrected chi connectivity index (χ2v) is 7.51. The van der Waals surface area contributed by atoms with Crippen LogP contribution in [0, 0.1) is 11.8 Å². The molecule has 11 heteroatoms. The van der Waals surface area contributed by atoms with Crippen molar-refractivity contribution in [1.82, 2.24) is 16.0 Å². The number of amides is 3. The zero-order valence-electron chi connectivity index (χ0n) is 18.1. The molecule has 3 amide bonds. The van der Waals surface area contributed by atoms with Gasteiger partial charge in [-0.05, 0) is 18.8 Å². The molecule has 0 aromatic rings. The predicted octanol–water partition coefficient (Wildman–Crippen LogP) is -0.560. The molecule has 0 bridgehead atoms. The zero-order valence-corrected chi connectivity index (χ0v) is 18.1. The van der Waals surface area contributed by atoms with Crippen LogP contribution in [-0.4, -0.2) is 64.0 Å². The Morgan fingerprint density at radius 3 is 1.77 bits per heavy atom. The van der Waals surface area contributed by atoms with E-state index in [2.05, 4.69) is 16.0 Å². The SMILES string of the molecule is CCC(C)C(N)C(=O)NC(CC(=O)O)C(=O)NC(C)C(=O)NC(C(=O)O)C(C)CC. The van der Waals surface area contributed by atoms with Gasteiger partial charge in [-0.25, -0.2) is 4.79 Å². The van der Waals surface area contributed by atoms with Crippen molar-refractivity contribution >= 4 is 29.7 Å². The van der Waals surface area contributed by atoms with E-state index in [4.69, 9.17) is 10.8 Å². The predicted molar refractivity (Wildman–Crippen MR) is 108 cm³/mol. The van der Waals surface area contributed by atoms with Crippen molar-refractivity contribution in [1.29, 1.82) is 0 Å². The van der Waals surface area contributed by atoms with Crippen molar-refractivity contribution in [2.75, 3.05) is 0 Å². The molecule has 0 fully saturated rings. The van der Waals surface area contributed by atoms with Crippen LogP contribution < -0.4 is 21.7 Å². The minimum absolute atomic E-state index is 0.184. The first-order chi connectivity index (χ1) is 13.8. The van der Waals surface area contributed by atoms with Gasteiger partial charge in [-0.3, -0.25) is 19.2 Å². The highest BCUT2D eigenvalue weighted by molar-refractivity contribution is 5.95. The fourth-order valence-electron chi connectivity index (χ4n) is 2.51. The third kappa shape index (κ3) is 8.76. The normalized spacial score (nSPS) is 16.9. The second-order valence-electron chi connectivity index (χ2n) is 7.51. The standard InChI is InChI=1S/C19H34N4O7/c1-6-9(3)14(20)18(28)22-12(8-13(24)25)17(27)21-11(5)16(26)23-15(19(29)30)10(4)7-2/h9-12,14-15H,6-8,20H2,1-5H3,(H,21,27)(H,22,28)(H,23,26)(H,24,25)(H,29,30). The fraction of sp³-hybridized carbons (Fsp3) is 0.737. The molecule has 0 aliphatic rings. The molecule has 0 saturated heterocycles. The number of carbonyl (C=O) groups is 5. The molecule has 0 aromatic heterocycles. The highest BCUT2D eigenvalue weighted by atomic mass is 16.4. The van der Waals surface area contributed by atoms with Gasteiger partial charge in [-0.1, -0.05) is 40.5 Å². The average molecular weight is 431 g/mol. The van der Waals surface area contributed by atoms with E-state index in [1.807, 2.05) is 6.92 Å². The summed E-state index contributed by atoms with van der Waals surface area (Å²) in [5.74, 6) is -5.36. The van der Waals surface area contributed by atoms with Gasteiger partial charge in [0.25, 0.3) is 0 Å². The molecule has 0 aromatic carbocycles. The van der Waals surface area contributed by atoms with Crippen molar-refractivity contribution in [3.05, 3.63) is 0 Å². The first-order valence-electron chi connectivity index (χ1n) is 9.96. The van der Waals surface area contributed by atoms with E-state index < -0.39 is 60.2 Å². The lowest BCUT2D eigenvalue weighted by atomic mass is 9.98. The first kappa shape index (κ1) is 27.3. The fourth-order valence-corrected chi connectivity index (χ4v) is 2.51. The van der Waals surface area contributed by atoms with Crippen molar-refractivity contribution in [2.24, 2.45) is 17.6 Å². The zero-order chi connectivity index (χ0) is 23.6. The number of nitrogens with one attached hydrogen (secondary N) is 3. The number of hydrogen-bond acceptors (Lipinski definition) is 6. The third-order valence-corrected chi connectivity index (χ3v) is 5.10. The summed E-state index contributed by atoms with van der Waals surface area (Å²) in [4.78, 5) is 59.5. The maximum atomic E-state index is 12.5. The molecule has 0 rings (SSSR count). The molecular formula is C19H34N4O7. The van der Waals surface area contributed by atoms with Gasteiger partial charge in [0.15, 0.2) is 0 Å². The van der Waals surface area contributed by atoms with Gasteiger partial charge >= 0.3 is 11.9 Å². The molecule has 0 aliphatic carbocycles. The summed E-state index contributed by atoms with van der Waals surface area (Å²) < 4.78 is 0. The van der Waals surface area contributed by atoms with Crippen LogP contribution in [0.25, 0.3) is 0 Å². The van der Waals surface area contributed by atoms with Gasteiger partial charge in [-0.15, -0.1) is 0 Å². The van der Waals surface area contributed by atoms with E-state index in [9.17, 15) is 29.1 Å². The maximum absolute atomic E-state index is 12.5. The lowest BCUT2D eigenvalue weighted by Gasteiger charge is -2.25. The summed E-state index contributed by atoms with van der Waals surface area (Å²) in [6.45, 7) is 8.36. The van der Waals surface area contributed by atoms with Gasteiger partial charge in [0.1, 0.15) is 18.1 Å². The van der Waals surface area contributed by atoms with Gasteiger partial charge in [0, 0.05) is 0 Å². The highest BCUT2D eigenvalue weighted by Crippen LogP contribution is 2.09. The average Bonchev–Trinajstić information content (AvgIpc) is 2.68. The van der Waals surface area contributed by atoms with E-state index in [1.54, 1.807) is 20.8 Å². The summed E-state index contributed by atoms with van der Waals surface area (Å²) in [6.07, 6.45) is 0.424. The summed E-state index contributed by atoms with van der Waals surface area (Å²) in [6, 6.07) is -4.65. The van der Waals surface area contributed by atoms with E-state index in [0.29, 0.717) is 12.8 Å². The number of nitrogens with two attached hydrogens (primary N) is 1. The Hall–Kier alpha value is -2.69. The van der Waals surface area contributed by atoms with Gasteiger partial charge in [-0.2, -0.15) is 0 Å². The molecule has 172 valence electrons. The van der Waals surface area contributed by atoms with Crippen LogP contribution in [0.2, 0.25) is 0 Å². The molecule has 0 saturated carbocycles. The van der Waals surface area contributed by atoms with Crippen molar-refractivity contribution in [3.8, 4) is 0 Å². The van der Waals surface area contributed by atoms with Crippen molar-refractivity contribution < 1.29 is 34.2 Å². The van der Waals surface area contributed by atoms with Crippen LogP contribution in [0.4, 0.5) is 0 Å². The van der Waals surface area contributed by atoms with Crippen LogP contribution in [0.5, 0.6) is 0 Å². The summed E-state index contributed by atoms with van der Waals surface area (Å²) in [5.41, 5.74) is 5.81. The van der Waals surface area contributed by atoms with E-state index in [-0.39, 0.29) is 11.8 Å². The molecule has 0 spiro atoms. The number of hydrogen-bond donors (Lipinski definition) is 6. The van der Waals surface area contributed by atoms with Crippen LogP contribution in [0.15, 0.2) is 0 Å². The molecule has 6 atom stereocenters. The lowest BCUT2D eigenvalue weighted by Crippen LogP contribution is -2.57. The van der Waals surface area contributed by atoms with Crippen LogP contribution >= 0.6 is 0 Å². The van der Waals surface area contributed by atoms with Crippen molar-refractivity contribution in [3.63, 3.8) is 0 Å². The molecule has 30 heavy (non-hydrogen) atoms. The van der Waals surface area contributed by atoms with Crippen LogP contribution in [0.3, 0.4) is 0 Å². The summed E-state index contributed by atoms with van der Waals surface area (Å²) in [5, 5.41) is 25.3. The van der Waals surface area contributed by atoms with Gasteiger partial charge < -0.3 is 31.9 Å². The monoisotopic (exact) mass is 430 g/mol. The molecule has 0 heterocycles. The minimum Gasteiger partial charge on any atom is -0.481 e. The summed E-state index contributed by atoms with van der Waals surface area (Å²) >= 11 is 0. The number of carboxylic acids is 2. The number of carboxylic acid groups (broad SMARTS) is 2. The Labute approximate surface area is 176 Å². The lowest BCUT2D eigenvalue weighted by molar-refractivity contribution is -0.144. The highest BCUT2D eigenvalue weighted by Gasteiger charge is 2.31. The van der Waals surface area contributed by atoms with E-state index in [1.165, 1.54) is 6.92 Å². The molecule has 0 radical (unpaired) electrons. The molecule has 6 unspecified atom stereocenters. The van der Waals surface area contributed by atoms with Gasteiger partial charge in [0.05, 0.1) is 12.5 Å². The van der Waals surface area contributed by atoms with E-state index >= 15 is 0 Å². The number of aliphatic carboxylic acids is 2. The molecular weight excluding hydrogens is 396 g/mol. The smallest absolute Gasteiger partial charge is 0.326 e. The Balaban J connectivity index is 5.17. The molecule has 7 N–H and O–H groups in total. The largest absolute Gasteiger partial charge is 0.481 e. The Morgan fingerprint density at radius 2 is 1.33 bits per heavy atom. The minimum atomic E-state index is -1.44. The number of carbonyl (C=O) groups excluding carboxylic acids is 3. The summed E-state index contributed by atoms with van der Waals surface area (Å²) in [7, 11) is 0. The quantitative estimate of drug-likeness (QED) is 0.224. The molecule has 11 nitrogen and oxygen atoms in total. The van der Waals surface area contributed by atoms with E-state index in [0.717, 1.165) is 0 Å². The number of rotatable bonds is 13. The molecule has 0 aliphatic heterocycles.